The van der Waals surface area contributed by atoms with Gasteiger partial charge in [0.05, 0.1) is 0 Å². The van der Waals surface area contributed by atoms with E-state index in [1.54, 1.807) is 6.07 Å². The Bertz CT molecular complexity index is 344. The second-order valence-corrected chi connectivity index (χ2v) is 3.41. The number of halogens is 4. The van der Waals surface area contributed by atoms with Crippen LogP contribution in [0.25, 0.3) is 0 Å². The second kappa shape index (κ2) is 3.81. The quantitative estimate of drug-likeness (QED) is 0.763. The molecule has 1 aromatic rings. The monoisotopic (exact) mass is 221 g/mol. The van der Waals surface area contributed by atoms with Crippen molar-refractivity contribution < 1.29 is 17.6 Å². The third kappa shape index (κ3) is 2.28. The molecule has 1 rings (SSSR count). The Balaban J connectivity index is 3.15. The summed E-state index contributed by atoms with van der Waals surface area (Å²) in [6.07, 6.45) is -4.92. The Morgan fingerprint density at radius 1 is 1.20 bits per heavy atom. The van der Waals surface area contributed by atoms with E-state index in [0.29, 0.717) is 12.5 Å². The first-order valence-electron chi connectivity index (χ1n) is 4.34. The van der Waals surface area contributed by atoms with Crippen molar-refractivity contribution in [2.45, 2.75) is 25.3 Å². The zero-order valence-electron chi connectivity index (χ0n) is 8.11. The molecule has 0 aliphatic carbocycles. The predicted octanol–water partition coefficient (Wildman–Crippen LogP) is 2.89. The first kappa shape index (κ1) is 12.0. The molecule has 84 valence electrons. The van der Waals surface area contributed by atoms with E-state index >= 15 is 0 Å². The predicted molar refractivity (Wildman–Crippen MR) is 48.8 cm³/mol. The summed E-state index contributed by atoms with van der Waals surface area (Å²) < 4.78 is 50.5. The molecule has 0 amide bonds. The Morgan fingerprint density at radius 3 is 2.27 bits per heavy atom. The van der Waals surface area contributed by atoms with Gasteiger partial charge in [0.25, 0.3) is 0 Å². The fourth-order valence-electron chi connectivity index (χ4n) is 1.15. The molecule has 2 N–H and O–H groups in total. The van der Waals surface area contributed by atoms with Gasteiger partial charge in [-0.1, -0.05) is 24.3 Å². The Hall–Kier alpha value is -1.10. The van der Waals surface area contributed by atoms with Crippen LogP contribution in [0, 0.1) is 0 Å². The zero-order valence-corrected chi connectivity index (χ0v) is 8.11. The highest BCUT2D eigenvalue weighted by Gasteiger charge is 2.53. The molecule has 0 aliphatic heterocycles. The first-order valence-corrected chi connectivity index (χ1v) is 4.34. The highest BCUT2D eigenvalue weighted by molar-refractivity contribution is 5.29. The van der Waals surface area contributed by atoms with E-state index in [9.17, 15) is 17.6 Å². The maximum Gasteiger partial charge on any atom is 0.426 e. The molecule has 0 saturated heterocycles. The molecule has 0 aliphatic rings. The lowest BCUT2D eigenvalue weighted by Gasteiger charge is -2.24. The lowest BCUT2D eigenvalue weighted by Crippen LogP contribution is -2.35. The summed E-state index contributed by atoms with van der Waals surface area (Å²) in [6, 6.07) is 5.15. The van der Waals surface area contributed by atoms with E-state index in [2.05, 4.69) is 0 Å². The van der Waals surface area contributed by atoms with Crippen LogP contribution in [0.3, 0.4) is 0 Å². The number of benzene rings is 1. The van der Waals surface area contributed by atoms with E-state index in [1.165, 1.54) is 6.07 Å². The molecular formula is C10H11F4N. The molecule has 5 heteroatoms. The molecule has 0 fully saturated rings. The van der Waals surface area contributed by atoms with Crippen LogP contribution in [0.4, 0.5) is 17.6 Å². The standard InChI is InChI=1S/C10H11F4N/c1-9(11,10(12,13)14)8-4-2-3-7(5-8)6-15/h2-5H,6,15H2,1H3. The fraction of sp³-hybridized carbons (Fsp3) is 0.400. The SMILES string of the molecule is CC(F)(c1cccc(CN)c1)C(F)(F)F. The van der Waals surface area contributed by atoms with Gasteiger partial charge in [-0.3, -0.25) is 0 Å². The van der Waals surface area contributed by atoms with E-state index in [1.807, 2.05) is 0 Å². The smallest absolute Gasteiger partial charge is 0.326 e. The summed E-state index contributed by atoms with van der Waals surface area (Å²) in [7, 11) is 0. The van der Waals surface area contributed by atoms with Crippen molar-refractivity contribution in [2.75, 3.05) is 0 Å². The summed E-state index contributed by atoms with van der Waals surface area (Å²) in [4.78, 5) is 0. The molecule has 1 aromatic carbocycles. The minimum absolute atomic E-state index is 0.0851. The third-order valence-corrected chi connectivity index (χ3v) is 2.24. The average Bonchev–Trinajstić information content (AvgIpc) is 2.16. The van der Waals surface area contributed by atoms with Gasteiger partial charge in [-0.05, 0) is 18.1 Å². The Kier molecular flexibility index (Phi) is 3.04. The van der Waals surface area contributed by atoms with E-state index < -0.39 is 17.4 Å². The highest BCUT2D eigenvalue weighted by Crippen LogP contribution is 2.42. The number of hydrogen-bond acceptors (Lipinski definition) is 1. The maximum atomic E-state index is 13.5. The topological polar surface area (TPSA) is 26.0 Å². The van der Waals surface area contributed by atoms with E-state index in [-0.39, 0.29) is 6.54 Å². The van der Waals surface area contributed by atoms with Crippen LogP contribution in [0.2, 0.25) is 0 Å². The van der Waals surface area contributed by atoms with Crippen molar-refractivity contribution in [3.05, 3.63) is 35.4 Å². The van der Waals surface area contributed by atoms with Crippen LogP contribution in [-0.4, -0.2) is 6.18 Å². The van der Waals surface area contributed by atoms with Crippen molar-refractivity contribution in [1.82, 2.24) is 0 Å². The Labute approximate surface area is 84.9 Å². The van der Waals surface area contributed by atoms with Gasteiger partial charge in [0.15, 0.2) is 0 Å². The molecule has 0 heterocycles. The summed E-state index contributed by atoms with van der Waals surface area (Å²) in [5, 5.41) is 0. The van der Waals surface area contributed by atoms with E-state index in [4.69, 9.17) is 5.73 Å². The van der Waals surface area contributed by atoms with Gasteiger partial charge in [-0.2, -0.15) is 13.2 Å². The number of nitrogens with two attached hydrogens (primary N) is 1. The second-order valence-electron chi connectivity index (χ2n) is 3.41. The molecule has 0 spiro atoms. The minimum Gasteiger partial charge on any atom is -0.326 e. The van der Waals surface area contributed by atoms with Gasteiger partial charge in [0, 0.05) is 6.54 Å². The summed E-state index contributed by atoms with van der Waals surface area (Å²) >= 11 is 0. The lowest BCUT2D eigenvalue weighted by atomic mass is 9.95. The van der Waals surface area contributed by atoms with Crippen LogP contribution in [0.5, 0.6) is 0 Å². The molecule has 1 unspecified atom stereocenters. The van der Waals surface area contributed by atoms with Gasteiger partial charge in [0.1, 0.15) is 0 Å². The van der Waals surface area contributed by atoms with Crippen LogP contribution >= 0.6 is 0 Å². The van der Waals surface area contributed by atoms with Crippen LogP contribution in [-0.2, 0) is 12.2 Å². The molecular weight excluding hydrogens is 210 g/mol. The van der Waals surface area contributed by atoms with Crippen molar-refractivity contribution >= 4 is 0 Å². The molecule has 0 radical (unpaired) electrons. The van der Waals surface area contributed by atoms with Crippen molar-refractivity contribution in [3.8, 4) is 0 Å². The van der Waals surface area contributed by atoms with Crippen molar-refractivity contribution in [2.24, 2.45) is 5.73 Å². The third-order valence-electron chi connectivity index (χ3n) is 2.24. The maximum absolute atomic E-state index is 13.5. The molecule has 0 bridgehead atoms. The molecule has 0 saturated carbocycles. The Morgan fingerprint density at radius 2 is 1.80 bits per heavy atom. The van der Waals surface area contributed by atoms with Crippen molar-refractivity contribution in [3.63, 3.8) is 0 Å². The molecule has 0 aromatic heterocycles. The van der Waals surface area contributed by atoms with Gasteiger partial charge < -0.3 is 5.73 Å². The lowest BCUT2D eigenvalue weighted by molar-refractivity contribution is -0.228. The van der Waals surface area contributed by atoms with E-state index in [0.717, 1.165) is 12.1 Å². The van der Waals surface area contributed by atoms with Gasteiger partial charge in [-0.15, -0.1) is 0 Å². The van der Waals surface area contributed by atoms with Crippen LogP contribution < -0.4 is 5.73 Å². The minimum atomic E-state index is -4.92. The average molecular weight is 221 g/mol. The van der Waals surface area contributed by atoms with Gasteiger partial charge in [-0.25, -0.2) is 4.39 Å². The summed E-state index contributed by atoms with van der Waals surface area (Å²) in [5.74, 6) is 0. The molecule has 1 atom stereocenters. The fourth-order valence-corrected chi connectivity index (χ4v) is 1.15. The first-order chi connectivity index (χ1) is 6.79. The highest BCUT2D eigenvalue weighted by atomic mass is 19.4. The normalized spacial score (nSPS) is 16.1. The summed E-state index contributed by atoms with van der Waals surface area (Å²) in [5.41, 5.74) is 1.99. The largest absolute Gasteiger partial charge is 0.426 e. The molecule has 1 nitrogen and oxygen atoms in total. The zero-order chi connectivity index (χ0) is 11.7. The number of rotatable bonds is 2. The van der Waals surface area contributed by atoms with Crippen LogP contribution in [0.15, 0.2) is 24.3 Å². The van der Waals surface area contributed by atoms with Crippen molar-refractivity contribution in [1.29, 1.82) is 0 Å². The summed E-state index contributed by atoms with van der Waals surface area (Å²) in [6.45, 7) is 0.588. The van der Waals surface area contributed by atoms with Gasteiger partial charge in [0.2, 0.25) is 5.67 Å². The van der Waals surface area contributed by atoms with Crippen LogP contribution in [0.1, 0.15) is 18.1 Å². The number of hydrogen-bond donors (Lipinski definition) is 1. The number of alkyl halides is 4. The van der Waals surface area contributed by atoms with Gasteiger partial charge >= 0.3 is 6.18 Å². The molecule has 15 heavy (non-hydrogen) atoms.